The van der Waals surface area contributed by atoms with Gasteiger partial charge >= 0.3 is 5.69 Å². The molecule has 0 aromatic carbocycles. The van der Waals surface area contributed by atoms with Gasteiger partial charge in [-0.3, -0.25) is 10.1 Å². The lowest BCUT2D eigenvalue weighted by Crippen LogP contribution is -2.38. The van der Waals surface area contributed by atoms with Gasteiger partial charge in [0.25, 0.3) is 0 Å². The zero-order valence-electron chi connectivity index (χ0n) is 10.9. The maximum atomic E-state index is 11.1. The van der Waals surface area contributed by atoms with Crippen LogP contribution in [0.1, 0.15) is 12.8 Å². The molecule has 1 aromatic rings. The van der Waals surface area contributed by atoms with Gasteiger partial charge in [0, 0.05) is 13.1 Å². The summed E-state index contributed by atoms with van der Waals surface area (Å²) >= 11 is 0. The van der Waals surface area contributed by atoms with Crippen LogP contribution in [0.5, 0.6) is 0 Å². The quantitative estimate of drug-likeness (QED) is 0.568. The summed E-state index contributed by atoms with van der Waals surface area (Å²) in [7, 11) is 0. The van der Waals surface area contributed by atoms with Gasteiger partial charge in [-0.15, -0.1) is 0 Å². The second kappa shape index (κ2) is 6.44. The Kier molecular flexibility index (Phi) is 4.64. The number of hydrogen-bond acceptors (Lipinski definition) is 8. The van der Waals surface area contributed by atoms with Crippen LogP contribution in [-0.4, -0.2) is 52.4 Å². The number of rotatable bonds is 5. The van der Waals surface area contributed by atoms with Crippen molar-refractivity contribution in [2.45, 2.75) is 18.9 Å². The van der Waals surface area contributed by atoms with E-state index in [4.69, 9.17) is 15.6 Å². The predicted octanol–water partition coefficient (Wildman–Crippen LogP) is -0.0553. The molecule has 1 fully saturated rings. The van der Waals surface area contributed by atoms with E-state index < -0.39 is 4.92 Å². The number of nitro groups is 1. The topological polar surface area (TPSA) is 128 Å². The molecule has 20 heavy (non-hydrogen) atoms. The molecular weight excluding hydrogens is 266 g/mol. The molecule has 0 saturated carbocycles. The number of aromatic nitrogens is 2. The van der Waals surface area contributed by atoms with Gasteiger partial charge in [-0.2, -0.15) is 0 Å². The fourth-order valence-corrected chi connectivity index (χ4v) is 2.24. The first kappa shape index (κ1) is 14.4. The minimum atomic E-state index is -0.557. The predicted molar refractivity (Wildman–Crippen MR) is 71.4 cm³/mol. The molecule has 0 radical (unpaired) electrons. The number of aliphatic hydroxyl groups excluding tert-OH is 1. The number of piperidine rings is 1. The first-order chi connectivity index (χ1) is 9.63. The molecule has 2 rings (SSSR count). The molecule has 0 atom stereocenters. The zero-order chi connectivity index (χ0) is 14.5. The molecule has 9 heteroatoms. The van der Waals surface area contributed by atoms with Gasteiger partial charge < -0.3 is 20.5 Å². The van der Waals surface area contributed by atoms with Crippen molar-refractivity contribution in [1.82, 2.24) is 9.97 Å². The van der Waals surface area contributed by atoms with Crippen LogP contribution in [-0.2, 0) is 4.74 Å². The smallest absolute Gasteiger partial charge is 0.353 e. The monoisotopic (exact) mass is 283 g/mol. The van der Waals surface area contributed by atoms with E-state index in [0.29, 0.717) is 19.7 Å². The Balaban J connectivity index is 2.07. The normalized spacial score (nSPS) is 16.4. The fraction of sp³-hybridized carbons (Fsp3) is 0.636. The maximum absolute atomic E-state index is 11.1. The van der Waals surface area contributed by atoms with Crippen molar-refractivity contribution in [3.8, 4) is 0 Å². The van der Waals surface area contributed by atoms with Crippen LogP contribution in [0.15, 0.2) is 6.33 Å². The SMILES string of the molecule is Nc1ncnc(N2CCC(OCCO)CC2)c1[N+](=O)[O-]. The van der Waals surface area contributed by atoms with Crippen molar-refractivity contribution in [2.75, 3.05) is 36.9 Å². The minimum Gasteiger partial charge on any atom is -0.394 e. The van der Waals surface area contributed by atoms with Crippen LogP contribution in [0.25, 0.3) is 0 Å². The summed E-state index contributed by atoms with van der Waals surface area (Å²) in [5.74, 6) is 0.127. The van der Waals surface area contributed by atoms with Gasteiger partial charge in [-0.05, 0) is 12.8 Å². The second-order valence-electron chi connectivity index (χ2n) is 4.47. The molecule has 110 valence electrons. The van der Waals surface area contributed by atoms with E-state index in [1.165, 1.54) is 6.33 Å². The maximum Gasteiger partial charge on any atom is 0.353 e. The Morgan fingerprint density at radius 3 is 2.80 bits per heavy atom. The van der Waals surface area contributed by atoms with Gasteiger partial charge in [0.15, 0.2) is 0 Å². The van der Waals surface area contributed by atoms with Crippen molar-refractivity contribution < 1.29 is 14.8 Å². The zero-order valence-corrected chi connectivity index (χ0v) is 10.9. The highest BCUT2D eigenvalue weighted by molar-refractivity contribution is 5.68. The van der Waals surface area contributed by atoms with Crippen molar-refractivity contribution in [2.24, 2.45) is 0 Å². The highest BCUT2D eigenvalue weighted by Gasteiger charge is 2.28. The fourth-order valence-electron chi connectivity index (χ4n) is 2.24. The van der Waals surface area contributed by atoms with Crippen LogP contribution in [0.2, 0.25) is 0 Å². The summed E-state index contributed by atoms with van der Waals surface area (Å²) in [4.78, 5) is 20.0. The molecule has 0 bridgehead atoms. The van der Waals surface area contributed by atoms with Crippen molar-refractivity contribution in [1.29, 1.82) is 0 Å². The molecule has 2 heterocycles. The summed E-state index contributed by atoms with van der Waals surface area (Å²) in [5, 5.41) is 19.8. The van der Waals surface area contributed by atoms with E-state index in [1.807, 2.05) is 4.90 Å². The molecule has 0 unspecified atom stereocenters. The number of hydrogen-bond donors (Lipinski definition) is 2. The summed E-state index contributed by atoms with van der Waals surface area (Å²) in [6.07, 6.45) is 2.74. The van der Waals surface area contributed by atoms with Crippen LogP contribution >= 0.6 is 0 Å². The van der Waals surface area contributed by atoms with E-state index in [9.17, 15) is 10.1 Å². The average Bonchev–Trinajstić information content (AvgIpc) is 2.45. The van der Waals surface area contributed by atoms with E-state index in [2.05, 4.69) is 9.97 Å². The third kappa shape index (κ3) is 3.11. The van der Waals surface area contributed by atoms with E-state index in [1.54, 1.807) is 0 Å². The lowest BCUT2D eigenvalue weighted by atomic mass is 10.1. The van der Waals surface area contributed by atoms with Crippen LogP contribution in [0.4, 0.5) is 17.3 Å². The number of nitrogen functional groups attached to an aromatic ring is 1. The van der Waals surface area contributed by atoms with Crippen LogP contribution < -0.4 is 10.6 Å². The van der Waals surface area contributed by atoms with Gasteiger partial charge in [0.1, 0.15) is 6.33 Å². The number of aliphatic hydroxyl groups is 1. The molecular formula is C11H17N5O4. The summed E-state index contributed by atoms with van der Waals surface area (Å²) in [5.41, 5.74) is 5.30. The Bertz CT molecular complexity index is 476. The standard InChI is InChI=1S/C11H17N5O4/c12-10-9(16(18)19)11(14-7-13-10)15-3-1-8(2-4-15)20-6-5-17/h7-8,17H,1-6H2,(H2,12,13,14). The van der Waals surface area contributed by atoms with Crippen molar-refractivity contribution in [3.05, 3.63) is 16.4 Å². The van der Waals surface area contributed by atoms with Crippen molar-refractivity contribution in [3.63, 3.8) is 0 Å². The second-order valence-corrected chi connectivity index (χ2v) is 4.47. The van der Waals surface area contributed by atoms with E-state index in [0.717, 1.165) is 12.8 Å². The Hall–Kier alpha value is -2.00. The van der Waals surface area contributed by atoms with E-state index >= 15 is 0 Å². The molecule has 3 N–H and O–H groups in total. The third-order valence-corrected chi connectivity index (χ3v) is 3.20. The lowest BCUT2D eigenvalue weighted by molar-refractivity contribution is -0.383. The summed E-state index contributed by atoms with van der Waals surface area (Å²) in [6.45, 7) is 1.49. The Morgan fingerprint density at radius 2 is 2.20 bits per heavy atom. The summed E-state index contributed by atoms with van der Waals surface area (Å²) < 4.78 is 5.45. The summed E-state index contributed by atoms with van der Waals surface area (Å²) in [6, 6.07) is 0. The lowest BCUT2D eigenvalue weighted by Gasteiger charge is -2.32. The molecule has 1 aliphatic heterocycles. The Morgan fingerprint density at radius 1 is 1.50 bits per heavy atom. The third-order valence-electron chi connectivity index (χ3n) is 3.20. The van der Waals surface area contributed by atoms with Gasteiger partial charge in [-0.1, -0.05) is 0 Å². The van der Waals surface area contributed by atoms with Gasteiger partial charge in [0.05, 0.1) is 24.2 Å². The number of anilines is 2. The van der Waals surface area contributed by atoms with E-state index in [-0.39, 0.29) is 30.0 Å². The molecule has 0 aliphatic carbocycles. The van der Waals surface area contributed by atoms with Gasteiger partial charge in [0.2, 0.25) is 11.6 Å². The number of nitrogens with two attached hydrogens (primary N) is 1. The Labute approximate surface area is 115 Å². The first-order valence-corrected chi connectivity index (χ1v) is 6.35. The first-order valence-electron chi connectivity index (χ1n) is 6.35. The van der Waals surface area contributed by atoms with Crippen LogP contribution in [0.3, 0.4) is 0 Å². The number of nitrogens with zero attached hydrogens (tertiary/aromatic N) is 4. The molecule has 1 saturated heterocycles. The van der Waals surface area contributed by atoms with Gasteiger partial charge in [-0.25, -0.2) is 9.97 Å². The highest BCUT2D eigenvalue weighted by atomic mass is 16.6. The van der Waals surface area contributed by atoms with Crippen LogP contribution in [0, 0.1) is 10.1 Å². The van der Waals surface area contributed by atoms with Crippen molar-refractivity contribution >= 4 is 17.3 Å². The largest absolute Gasteiger partial charge is 0.394 e. The minimum absolute atomic E-state index is 0.00582. The molecule has 1 aromatic heterocycles. The molecule has 0 spiro atoms. The molecule has 0 amide bonds. The number of ether oxygens (including phenoxy) is 1. The average molecular weight is 283 g/mol. The molecule has 1 aliphatic rings. The highest BCUT2D eigenvalue weighted by Crippen LogP contribution is 2.31. The molecule has 9 nitrogen and oxygen atoms in total.